The summed E-state index contributed by atoms with van der Waals surface area (Å²) in [5.41, 5.74) is 6.71. The van der Waals surface area contributed by atoms with Crippen molar-refractivity contribution in [1.29, 1.82) is 0 Å². The van der Waals surface area contributed by atoms with Gasteiger partial charge in [-0.1, -0.05) is 0 Å². The Labute approximate surface area is 122 Å². The summed E-state index contributed by atoms with van der Waals surface area (Å²) in [4.78, 5) is 27.0. The molecule has 2 rings (SSSR count). The van der Waals surface area contributed by atoms with Crippen LogP contribution < -0.4 is 16.1 Å². The first-order chi connectivity index (χ1) is 10.1. The fraction of sp³-hybridized carbons (Fsp3) is 0.385. The van der Waals surface area contributed by atoms with Crippen molar-refractivity contribution in [2.45, 2.75) is 13.3 Å². The summed E-state index contributed by atoms with van der Waals surface area (Å²) in [6, 6.07) is 3.48. The lowest BCUT2D eigenvalue weighted by Gasteiger charge is -2.25. The highest BCUT2D eigenvalue weighted by molar-refractivity contribution is 6.01. The third-order valence-electron chi connectivity index (χ3n) is 2.83. The minimum Gasteiger partial charge on any atom is -0.465 e. The number of fused-ring (bicyclic) bond motifs is 1. The molecule has 0 unspecified atom stereocenters. The molecule has 1 aliphatic heterocycles. The standard InChI is InChI=1S/C13H17N5O3/c1-2-21-11(20)8-16-13(14)17-18-7-5-10(19)12-9(18)4-3-6-15-12/h3-4,6H,2,5,7-8H2,1H3,(H3,14,16,17). The van der Waals surface area contributed by atoms with Crippen LogP contribution in [-0.4, -0.2) is 42.4 Å². The minimum absolute atomic E-state index is 0.0184. The molecule has 0 saturated carbocycles. The lowest BCUT2D eigenvalue weighted by Crippen LogP contribution is -2.40. The number of pyridine rings is 1. The average molecular weight is 291 g/mol. The van der Waals surface area contributed by atoms with Gasteiger partial charge in [0.2, 0.25) is 5.96 Å². The van der Waals surface area contributed by atoms with Gasteiger partial charge in [-0.2, -0.15) is 0 Å². The second-order valence-corrected chi connectivity index (χ2v) is 4.31. The first-order valence-electron chi connectivity index (χ1n) is 6.61. The summed E-state index contributed by atoms with van der Waals surface area (Å²) in [5, 5.41) is 8.42. The number of ether oxygens (including phenoxy) is 1. The molecule has 21 heavy (non-hydrogen) atoms. The molecule has 8 nitrogen and oxygen atoms in total. The molecule has 112 valence electrons. The number of aromatic nitrogens is 1. The number of hydrogen-bond acceptors (Lipinski definition) is 6. The maximum absolute atomic E-state index is 11.8. The van der Waals surface area contributed by atoms with E-state index in [0.717, 1.165) is 0 Å². The lowest BCUT2D eigenvalue weighted by molar-refractivity contribution is -0.141. The van der Waals surface area contributed by atoms with Crippen LogP contribution in [0.2, 0.25) is 0 Å². The van der Waals surface area contributed by atoms with E-state index < -0.39 is 5.97 Å². The molecule has 8 heteroatoms. The Bertz CT molecular complexity index is 573. The Morgan fingerprint density at radius 2 is 2.43 bits per heavy atom. The summed E-state index contributed by atoms with van der Waals surface area (Å²) in [6.07, 6.45) is 1.88. The van der Waals surface area contributed by atoms with Gasteiger partial charge in [0.15, 0.2) is 5.78 Å². The molecular weight excluding hydrogens is 274 g/mol. The van der Waals surface area contributed by atoms with Gasteiger partial charge in [-0.3, -0.25) is 19.6 Å². The van der Waals surface area contributed by atoms with Gasteiger partial charge in [0.25, 0.3) is 0 Å². The molecule has 0 saturated heterocycles. The third-order valence-corrected chi connectivity index (χ3v) is 2.83. The largest absolute Gasteiger partial charge is 0.465 e. The van der Waals surface area contributed by atoms with E-state index in [9.17, 15) is 9.59 Å². The Morgan fingerprint density at radius 1 is 1.62 bits per heavy atom. The van der Waals surface area contributed by atoms with Crippen LogP contribution in [0.4, 0.5) is 5.69 Å². The zero-order valence-electron chi connectivity index (χ0n) is 11.7. The summed E-state index contributed by atoms with van der Waals surface area (Å²) in [7, 11) is 0. The molecule has 2 heterocycles. The van der Waals surface area contributed by atoms with Crippen LogP contribution in [0, 0.1) is 0 Å². The fourth-order valence-electron chi connectivity index (χ4n) is 1.91. The molecule has 0 amide bonds. The zero-order valence-corrected chi connectivity index (χ0v) is 11.7. The van der Waals surface area contributed by atoms with E-state index in [4.69, 9.17) is 10.5 Å². The summed E-state index contributed by atoms with van der Waals surface area (Å²) < 4.78 is 4.77. The van der Waals surface area contributed by atoms with Crippen LogP contribution in [0.25, 0.3) is 0 Å². The van der Waals surface area contributed by atoms with Crippen molar-refractivity contribution in [3.63, 3.8) is 0 Å². The number of nitrogens with zero attached hydrogens (tertiary/aromatic N) is 3. The predicted molar refractivity (Wildman–Crippen MR) is 76.8 cm³/mol. The van der Waals surface area contributed by atoms with Gasteiger partial charge in [-0.25, -0.2) is 0 Å². The van der Waals surface area contributed by atoms with Crippen molar-refractivity contribution < 1.29 is 14.3 Å². The van der Waals surface area contributed by atoms with Gasteiger partial charge in [0.05, 0.1) is 12.3 Å². The molecular formula is C13H17N5O3. The first-order valence-corrected chi connectivity index (χ1v) is 6.61. The molecule has 1 aromatic rings. The van der Waals surface area contributed by atoms with Crippen LogP contribution in [0.3, 0.4) is 0 Å². The second kappa shape index (κ2) is 6.69. The normalized spacial score (nSPS) is 14.6. The molecule has 0 atom stereocenters. The lowest BCUT2D eigenvalue weighted by atomic mass is 10.1. The number of rotatable bonds is 4. The van der Waals surface area contributed by atoms with Crippen molar-refractivity contribution in [2.75, 3.05) is 24.7 Å². The fourth-order valence-corrected chi connectivity index (χ4v) is 1.91. The van der Waals surface area contributed by atoms with Gasteiger partial charge < -0.3 is 15.8 Å². The minimum atomic E-state index is -0.411. The molecule has 0 bridgehead atoms. The highest BCUT2D eigenvalue weighted by Crippen LogP contribution is 2.24. The van der Waals surface area contributed by atoms with E-state index in [0.29, 0.717) is 31.0 Å². The van der Waals surface area contributed by atoms with Crippen LogP contribution in [-0.2, 0) is 9.53 Å². The number of guanidine groups is 1. The number of hydrogen-bond donors (Lipinski definition) is 2. The zero-order chi connectivity index (χ0) is 15.2. The average Bonchev–Trinajstić information content (AvgIpc) is 2.49. The molecule has 0 spiro atoms. The smallest absolute Gasteiger partial charge is 0.325 e. The van der Waals surface area contributed by atoms with E-state index in [-0.39, 0.29) is 18.3 Å². The van der Waals surface area contributed by atoms with Gasteiger partial charge >= 0.3 is 5.97 Å². The van der Waals surface area contributed by atoms with Crippen molar-refractivity contribution in [3.05, 3.63) is 24.0 Å². The highest BCUT2D eigenvalue weighted by Gasteiger charge is 2.24. The van der Waals surface area contributed by atoms with Crippen LogP contribution in [0.1, 0.15) is 23.8 Å². The number of anilines is 1. The Hall–Kier alpha value is -2.64. The number of carbonyl (C=O) groups excluding carboxylic acids is 2. The SMILES string of the molecule is CCOC(=O)CNC(N)=NN1CCC(=O)c2ncccc21. The molecule has 0 fully saturated rings. The topological polar surface area (TPSA) is 110 Å². The monoisotopic (exact) mass is 291 g/mol. The quantitative estimate of drug-likeness (QED) is 0.451. The van der Waals surface area contributed by atoms with Crippen molar-refractivity contribution >= 4 is 23.4 Å². The van der Waals surface area contributed by atoms with Crippen molar-refractivity contribution in [1.82, 2.24) is 10.3 Å². The van der Waals surface area contributed by atoms with Gasteiger partial charge in [0.1, 0.15) is 12.2 Å². The number of carbonyl (C=O) groups is 2. The molecule has 3 N–H and O–H groups in total. The van der Waals surface area contributed by atoms with E-state index in [1.807, 2.05) is 0 Å². The molecule has 1 aliphatic rings. The second-order valence-electron chi connectivity index (χ2n) is 4.31. The van der Waals surface area contributed by atoms with Gasteiger partial charge in [-0.05, 0) is 19.1 Å². The van der Waals surface area contributed by atoms with Crippen molar-refractivity contribution in [2.24, 2.45) is 10.8 Å². The van der Waals surface area contributed by atoms with Crippen LogP contribution in [0.15, 0.2) is 23.4 Å². The van der Waals surface area contributed by atoms with Crippen molar-refractivity contribution in [3.8, 4) is 0 Å². The van der Waals surface area contributed by atoms with E-state index in [1.165, 1.54) is 0 Å². The Morgan fingerprint density at radius 3 is 3.19 bits per heavy atom. The molecule has 0 radical (unpaired) electrons. The maximum atomic E-state index is 11.8. The van der Waals surface area contributed by atoms with Gasteiger partial charge in [-0.15, -0.1) is 5.10 Å². The number of esters is 1. The van der Waals surface area contributed by atoms with Crippen LogP contribution >= 0.6 is 0 Å². The van der Waals surface area contributed by atoms with Crippen LogP contribution in [0.5, 0.6) is 0 Å². The molecule has 1 aromatic heterocycles. The molecule has 0 aromatic carbocycles. The van der Waals surface area contributed by atoms with E-state index in [2.05, 4.69) is 15.4 Å². The third kappa shape index (κ3) is 3.68. The number of Topliss-reactive ketones (excluding diaryl/α,β-unsaturated/α-hetero) is 1. The first kappa shape index (κ1) is 14.8. The number of hydrazone groups is 1. The summed E-state index contributed by atoms with van der Waals surface area (Å²) >= 11 is 0. The summed E-state index contributed by atoms with van der Waals surface area (Å²) in [6.45, 7) is 2.39. The number of nitrogens with one attached hydrogen (secondary N) is 1. The maximum Gasteiger partial charge on any atom is 0.325 e. The predicted octanol–water partition coefficient (Wildman–Crippen LogP) is -0.143. The highest BCUT2D eigenvalue weighted by atomic mass is 16.5. The Kier molecular flexibility index (Phi) is 4.70. The van der Waals surface area contributed by atoms with E-state index in [1.54, 1.807) is 30.3 Å². The Balaban J connectivity index is 2.05. The number of ketones is 1. The molecule has 0 aliphatic carbocycles. The van der Waals surface area contributed by atoms with Gasteiger partial charge in [0, 0.05) is 19.2 Å². The number of nitrogens with two attached hydrogens (primary N) is 1. The van der Waals surface area contributed by atoms with E-state index >= 15 is 0 Å². The summed E-state index contributed by atoms with van der Waals surface area (Å²) in [5.74, 6) is -0.353.